The average Bonchev–Trinajstić information content (AvgIpc) is 2.38. The van der Waals surface area contributed by atoms with Crippen LogP contribution in [0.2, 0.25) is 0 Å². The lowest BCUT2D eigenvalue weighted by Crippen LogP contribution is -2.24. The van der Waals surface area contributed by atoms with Crippen molar-refractivity contribution < 1.29 is 13.2 Å². The molecular formula is C15H23NO3S. The van der Waals surface area contributed by atoms with Crippen LogP contribution in [0, 0.1) is 12.8 Å². The summed E-state index contributed by atoms with van der Waals surface area (Å²) in [5, 5.41) is 5.15. The van der Waals surface area contributed by atoms with Crippen molar-refractivity contribution in [3.8, 4) is 5.75 Å². The Morgan fingerprint density at radius 2 is 1.90 bits per heavy atom. The van der Waals surface area contributed by atoms with Gasteiger partial charge in [0, 0.05) is 0 Å². The molecule has 20 heavy (non-hydrogen) atoms. The maximum atomic E-state index is 11.4. The first kappa shape index (κ1) is 15.3. The van der Waals surface area contributed by atoms with Crippen molar-refractivity contribution in [3.63, 3.8) is 0 Å². The van der Waals surface area contributed by atoms with Crippen molar-refractivity contribution in [3.05, 3.63) is 23.8 Å². The fraction of sp³-hybridized carbons (Fsp3) is 0.600. The van der Waals surface area contributed by atoms with Crippen molar-refractivity contribution in [2.24, 2.45) is 11.1 Å². The largest absolute Gasteiger partial charge is 0.490 e. The Morgan fingerprint density at radius 3 is 2.40 bits per heavy atom. The van der Waals surface area contributed by atoms with E-state index < -0.39 is 10.0 Å². The van der Waals surface area contributed by atoms with E-state index in [1.54, 1.807) is 19.1 Å². The molecule has 1 aromatic rings. The summed E-state index contributed by atoms with van der Waals surface area (Å²) >= 11 is 0. The number of benzene rings is 1. The second-order valence-corrected chi connectivity index (χ2v) is 7.17. The van der Waals surface area contributed by atoms with Gasteiger partial charge in [-0.1, -0.05) is 13.3 Å². The van der Waals surface area contributed by atoms with Crippen LogP contribution in [0.1, 0.15) is 44.6 Å². The fourth-order valence-corrected chi connectivity index (χ4v) is 3.63. The minimum atomic E-state index is -3.65. The van der Waals surface area contributed by atoms with Crippen molar-refractivity contribution in [2.45, 2.75) is 57.0 Å². The zero-order valence-electron chi connectivity index (χ0n) is 12.1. The number of primary sulfonamides is 1. The highest BCUT2D eigenvalue weighted by Crippen LogP contribution is 2.30. The number of hydrogen-bond acceptors (Lipinski definition) is 3. The van der Waals surface area contributed by atoms with Crippen LogP contribution >= 0.6 is 0 Å². The summed E-state index contributed by atoms with van der Waals surface area (Å²) in [4.78, 5) is 0.166. The Morgan fingerprint density at radius 1 is 1.25 bits per heavy atom. The first-order valence-electron chi connectivity index (χ1n) is 7.20. The minimum Gasteiger partial charge on any atom is -0.490 e. The molecule has 1 aliphatic carbocycles. The summed E-state index contributed by atoms with van der Waals surface area (Å²) in [7, 11) is -3.65. The Labute approximate surface area is 121 Å². The number of hydrogen-bond donors (Lipinski definition) is 1. The monoisotopic (exact) mass is 297 g/mol. The molecule has 112 valence electrons. The number of rotatable bonds is 4. The zero-order valence-corrected chi connectivity index (χ0v) is 12.9. The van der Waals surface area contributed by atoms with E-state index in [1.807, 2.05) is 0 Å². The quantitative estimate of drug-likeness (QED) is 0.928. The number of sulfonamides is 1. The smallest absolute Gasteiger partial charge is 0.238 e. The van der Waals surface area contributed by atoms with Crippen molar-refractivity contribution in [1.29, 1.82) is 0 Å². The normalized spacial score (nSPS) is 23.6. The molecule has 5 heteroatoms. The molecule has 0 spiro atoms. The molecule has 1 aromatic carbocycles. The molecule has 0 heterocycles. The molecule has 0 aliphatic heterocycles. The first-order chi connectivity index (χ1) is 9.40. The highest BCUT2D eigenvalue weighted by atomic mass is 32.2. The van der Waals surface area contributed by atoms with Gasteiger partial charge in [-0.3, -0.25) is 0 Å². The van der Waals surface area contributed by atoms with Crippen LogP contribution in [-0.2, 0) is 10.0 Å². The number of aryl methyl sites for hydroxylation is 1. The van der Waals surface area contributed by atoms with Gasteiger partial charge in [0.25, 0.3) is 0 Å². The maximum absolute atomic E-state index is 11.4. The third kappa shape index (κ3) is 3.73. The Balaban J connectivity index is 2.03. The van der Waals surface area contributed by atoms with Gasteiger partial charge >= 0.3 is 0 Å². The van der Waals surface area contributed by atoms with E-state index >= 15 is 0 Å². The standard InChI is InChI=1S/C15H23NO3S/c1-3-12-4-6-13(7-5-12)19-14-8-9-15(11(2)10-14)20(16,17)18/h8-10,12-13H,3-7H2,1-2H3,(H2,16,17,18). The molecule has 1 aliphatic rings. The van der Waals surface area contributed by atoms with Crippen molar-refractivity contribution in [2.75, 3.05) is 0 Å². The van der Waals surface area contributed by atoms with Crippen LogP contribution in [0.15, 0.2) is 23.1 Å². The molecule has 0 radical (unpaired) electrons. The summed E-state index contributed by atoms with van der Waals surface area (Å²) < 4.78 is 28.7. The van der Waals surface area contributed by atoms with E-state index in [-0.39, 0.29) is 11.0 Å². The van der Waals surface area contributed by atoms with Gasteiger partial charge in [-0.05, 0) is 62.3 Å². The van der Waals surface area contributed by atoms with E-state index in [2.05, 4.69) is 6.92 Å². The van der Waals surface area contributed by atoms with Crippen LogP contribution in [0.3, 0.4) is 0 Å². The lowest BCUT2D eigenvalue weighted by Gasteiger charge is -2.28. The molecule has 0 amide bonds. The highest BCUT2D eigenvalue weighted by Gasteiger charge is 2.21. The zero-order chi connectivity index (χ0) is 14.8. The summed E-state index contributed by atoms with van der Waals surface area (Å²) in [6.07, 6.45) is 6.08. The third-order valence-corrected chi connectivity index (χ3v) is 5.20. The first-order valence-corrected chi connectivity index (χ1v) is 8.75. The van der Waals surface area contributed by atoms with Crippen molar-refractivity contribution in [1.82, 2.24) is 0 Å². The van der Waals surface area contributed by atoms with Crippen LogP contribution < -0.4 is 9.88 Å². The summed E-state index contributed by atoms with van der Waals surface area (Å²) in [6.45, 7) is 3.97. The molecule has 0 bridgehead atoms. The molecule has 0 unspecified atom stereocenters. The summed E-state index contributed by atoms with van der Waals surface area (Å²) in [5.41, 5.74) is 0.632. The van der Waals surface area contributed by atoms with Crippen LogP contribution in [0.5, 0.6) is 5.75 Å². The summed E-state index contributed by atoms with van der Waals surface area (Å²) in [6, 6.07) is 4.97. The fourth-order valence-electron chi connectivity index (χ4n) is 2.86. The van der Waals surface area contributed by atoms with Crippen LogP contribution in [0.4, 0.5) is 0 Å². The maximum Gasteiger partial charge on any atom is 0.238 e. The van der Waals surface area contributed by atoms with Gasteiger partial charge in [0.05, 0.1) is 11.0 Å². The number of nitrogens with two attached hydrogens (primary N) is 1. The second kappa shape index (κ2) is 6.14. The van der Waals surface area contributed by atoms with Crippen LogP contribution in [-0.4, -0.2) is 14.5 Å². The van der Waals surface area contributed by atoms with E-state index in [9.17, 15) is 8.42 Å². The molecule has 2 rings (SSSR count). The average molecular weight is 297 g/mol. The SMILES string of the molecule is CCC1CCC(Oc2ccc(S(N)(=O)=O)c(C)c2)CC1. The minimum absolute atomic E-state index is 0.166. The molecule has 4 nitrogen and oxygen atoms in total. The Kier molecular flexibility index (Phi) is 4.70. The molecular weight excluding hydrogens is 274 g/mol. The van der Waals surface area contributed by atoms with Gasteiger partial charge in [0.15, 0.2) is 0 Å². The predicted molar refractivity (Wildman–Crippen MR) is 79.2 cm³/mol. The van der Waals surface area contributed by atoms with E-state index in [4.69, 9.17) is 9.88 Å². The summed E-state index contributed by atoms with van der Waals surface area (Å²) in [5.74, 6) is 1.57. The van der Waals surface area contributed by atoms with Gasteiger partial charge in [-0.15, -0.1) is 0 Å². The van der Waals surface area contributed by atoms with Gasteiger partial charge in [-0.25, -0.2) is 13.6 Å². The van der Waals surface area contributed by atoms with E-state index in [1.165, 1.54) is 25.3 Å². The lowest BCUT2D eigenvalue weighted by molar-refractivity contribution is 0.130. The third-order valence-electron chi connectivity index (χ3n) is 4.13. The van der Waals surface area contributed by atoms with Crippen molar-refractivity contribution >= 4 is 10.0 Å². The molecule has 0 atom stereocenters. The topological polar surface area (TPSA) is 69.4 Å². The van der Waals surface area contributed by atoms with Gasteiger partial charge in [-0.2, -0.15) is 0 Å². The van der Waals surface area contributed by atoms with Gasteiger partial charge < -0.3 is 4.74 Å². The molecule has 0 aromatic heterocycles. The second-order valence-electron chi connectivity index (χ2n) is 5.64. The molecule has 0 saturated heterocycles. The Hall–Kier alpha value is -1.07. The predicted octanol–water partition coefficient (Wildman–Crippen LogP) is 2.99. The molecule has 2 N–H and O–H groups in total. The number of ether oxygens (including phenoxy) is 1. The van der Waals surface area contributed by atoms with Gasteiger partial charge in [0.1, 0.15) is 5.75 Å². The van der Waals surface area contributed by atoms with E-state index in [0.29, 0.717) is 5.56 Å². The van der Waals surface area contributed by atoms with Gasteiger partial charge in [0.2, 0.25) is 10.0 Å². The Bertz CT molecular complexity index is 560. The highest BCUT2D eigenvalue weighted by molar-refractivity contribution is 7.89. The molecule has 1 saturated carbocycles. The lowest BCUT2D eigenvalue weighted by atomic mass is 9.86. The molecule has 1 fully saturated rings. The van der Waals surface area contributed by atoms with E-state index in [0.717, 1.165) is 24.5 Å². The van der Waals surface area contributed by atoms with Crippen LogP contribution in [0.25, 0.3) is 0 Å².